The zero-order valence-electron chi connectivity index (χ0n) is 15.9. The second-order valence-electron chi connectivity index (χ2n) is 7.96. The van der Waals surface area contributed by atoms with Crippen LogP contribution in [0, 0.1) is 0 Å². The van der Waals surface area contributed by atoms with Gasteiger partial charge in [-0.05, 0) is 38.6 Å². The molecule has 3 amide bonds. The fourth-order valence-electron chi connectivity index (χ4n) is 4.74. The van der Waals surface area contributed by atoms with E-state index in [-0.39, 0.29) is 24.5 Å². The minimum absolute atomic E-state index is 0.0350. The maximum absolute atomic E-state index is 12.7. The number of rotatable bonds is 4. The third kappa shape index (κ3) is 4.27. The molecular weight excluding hydrogens is 316 g/mol. The molecule has 0 aromatic carbocycles. The van der Waals surface area contributed by atoms with Crippen LogP contribution in [0.5, 0.6) is 0 Å². The minimum atomic E-state index is -0.0659. The summed E-state index contributed by atoms with van der Waals surface area (Å²) < 4.78 is 0. The monoisotopic (exact) mass is 350 g/mol. The van der Waals surface area contributed by atoms with Crippen LogP contribution in [0.2, 0.25) is 0 Å². The lowest BCUT2D eigenvalue weighted by atomic mass is 9.94. The molecule has 0 aromatic heterocycles. The number of hydrogen-bond donors (Lipinski definition) is 1. The van der Waals surface area contributed by atoms with Crippen LogP contribution in [0.15, 0.2) is 0 Å². The van der Waals surface area contributed by atoms with Crippen LogP contribution in [-0.2, 0) is 4.79 Å². The second kappa shape index (κ2) is 8.39. The molecule has 2 unspecified atom stereocenters. The fourth-order valence-corrected chi connectivity index (χ4v) is 4.74. The number of piperazine rings is 1. The van der Waals surface area contributed by atoms with E-state index >= 15 is 0 Å². The maximum atomic E-state index is 12.7. The Labute approximate surface area is 151 Å². The predicted octanol–water partition coefficient (Wildman–Crippen LogP) is 2.05. The van der Waals surface area contributed by atoms with Gasteiger partial charge in [-0.25, -0.2) is 4.79 Å². The van der Waals surface area contributed by atoms with Crippen LogP contribution in [0.3, 0.4) is 0 Å². The number of carbonyl (C=O) groups is 2. The van der Waals surface area contributed by atoms with Gasteiger partial charge < -0.3 is 15.1 Å². The van der Waals surface area contributed by atoms with Crippen LogP contribution in [0.4, 0.5) is 4.79 Å². The van der Waals surface area contributed by atoms with Gasteiger partial charge in [-0.3, -0.25) is 9.69 Å². The summed E-state index contributed by atoms with van der Waals surface area (Å²) in [5.41, 5.74) is 0. The summed E-state index contributed by atoms with van der Waals surface area (Å²) in [5.74, 6) is 0.0350. The van der Waals surface area contributed by atoms with E-state index in [9.17, 15) is 9.59 Å². The van der Waals surface area contributed by atoms with Gasteiger partial charge in [0.15, 0.2) is 0 Å². The van der Waals surface area contributed by atoms with Crippen molar-refractivity contribution >= 4 is 11.9 Å². The summed E-state index contributed by atoms with van der Waals surface area (Å²) >= 11 is 0. The molecule has 0 aromatic rings. The summed E-state index contributed by atoms with van der Waals surface area (Å²) in [7, 11) is 1.89. The molecule has 2 heterocycles. The molecule has 0 spiro atoms. The van der Waals surface area contributed by atoms with Crippen LogP contribution in [-0.4, -0.2) is 78.0 Å². The fraction of sp³-hybridized carbons (Fsp3) is 0.895. The molecule has 6 heteroatoms. The summed E-state index contributed by atoms with van der Waals surface area (Å²) in [6, 6.07) is 1.06. The van der Waals surface area contributed by atoms with Crippen LogP contribution in [0.25, 0.3) is 0 Å². The molecule has 1 saturated carbocycles. The topological polar surface area (TPSA) is 55.9 Å². The minimum Gasteiger partial charge on any atom is -0.341 e. The van der Waals surface area contributed by atoms with Gasteiger partial charge in [-0.15, -0.1) is 0 Å². The highest BCUT2D eigenvalue weighted by atomic mass is 16.2. The molecule has 2 aliphatic heterocycles. The maximum Gasteiger partial charge on any atom is 0.318 e. The van der Waals surface area contributed by atoms with Gasteiger partial charge in [0.2, 0.25) is 5.91 Å². The quantitative estimate of drug-likeness (QED) is 0.844. The average Bonchev–Trinajstić information content (AvgIpc) is 3.12. The molecule has 1 aliphatic carbocycles. The predicted molar refractivity (Wildman–Crippen MR) is 98.4 cm³/mol. The highest BCUT2D eigenvalue weighted by Crippen LogP contribution is 2.26. The first-order valence-corrected chi connectivity index (χ1v) is 10.1. The van der Waals surface area contributed by atoms with Crippen molar-refractivity contribution in [2.24, 2.45) is 0 Å². The normalized spacial score (nSPS) is 27.8. The SMILES string of the molecule is CCC1CN2CCCC2CN1C(=O)NCC(=O)N(C)C1CCCCC1. The Kier molecular flexibility index (Phi) is 6.20. The van der Waals surface area contributed by atoms with Crippen LogP contribution in [0.1, 0.15) is 58.3 Å². The smallest absolute Gasteiger partial charge is 0.318 e. The molecule has 0 bridgehead atoms. The third-order valence-corrected chi connectivity index (χ3v) is 6.43. The van der Waals surface area contributed by atoms with E-state index in [0.29, 0.717) is 12.1 Å². The molecule has 142 valence electrons. The molecule has 3 aliphatic rings. The number of hydrogen-bond acceptors (Lipinski definition) is 3. The summed E-state index contributed by atoms with van der Waals surface area (Å²) in [6.45, 7) is 5.21. The first-order valence-electron chi connectivity index (χ1n) is 10.1. The van der Waals surface area contributed by atoms with E-state index in [1.54, 1.807) is 0 Å². The van der Waals surface area contributed by atoms with E-state index in [1.165, 1.54) is 38.6 Å². The largest absolute Gasteiger partial charge is 0.341 e. The lowest BCUT2D eigenvalue weighted by molar-refractivity contribution is -0.131. The number of amides is 3. The summed E-state index contributed by atoms with van der Waals surface area (Å²) in [5, 5.41) is 2.89. The first-order chi connectivity index (χ1) is 12.1. The Morgan fingerprint density at radius 3 is 2.56 bits per heavy atom. The van der Waals surface area contributed by atoms with Crippen molar-refractivity contribution in [3.8, 4) is 0 Å². The number of likely N-dealkylation sites (N-methyl/N-ethyl adjacent to an activating group) is 1. The van der Waals surface area contributed by atoms with Gasteiger partial charge in [-0.1, -0.05) is 26.2 Å². The first kappa shape index (κ1) is 18.5. The Hall–Kier alpha value is -1.30. The van der Waals surface area contributed by atoms with Gasteiger partial charge in [-0.2, -0.15) is 0 Å². The number of carbonyl (C=O) groups excluding carboxylic acids is 2. The Balaban J connectivity index is 1.49. The average molecular weight is 351 g/mol. The van der Waals surface area contributed by atoms with E-state index in [0.717, 1.165) is 32.4 Å². The van der Waals surface area contributed by atoms with Gasteiger partial charge in [0, 0.05) is 38.3 Å². The molecule has 3 rings (SSSR count). The Morgan fingerprint density at radius 2 is 1.84 bits per heavy atom. The summed E-state index contributed by atoms with van der Waals surface area (Å²) in [6.07, 6.45) is 9.27. The molecule has 2 saturated heterocycles. The highest BCUT2D eigenvalue weighted by Gasteiger charge is 2.37. The number of fused-ring (bicyclic) bond motifs is 1. The van der Waals surface area contributed by atoms with E-state index in [4.69, 9.17) is 0 Å². The van der Waals surface area contributed by atoms with E-state index < -0.39 is 0 Å². The van der Waals surface area contributed by atoms with Crippen molar-refractivity contribution < 1.29 is 9.59 Å². The van der Waals surface area contributed by atoms with Crippen molar-refractivity contribution in [2.45, 2.75) is 76.4 Å². The number of urea groups is 1. The molecule has 2 atom stereocenters. The molecule has 25 heavy (non-hydrogen) atoms. The van der Waals surface area contributed by atoms with Crippen molar-refractivity contribution in [3.63, 3.8) is 0 Å². The van der Waals surface area contributed by atoms with Crippen molar-refractivity contribution in [3.05, 3.63) is 0 Å². The molecule has 3 fully saturated rings. The van der Waals surface area contributed by atoms with Gasteiger partial charge in [0.05, 0.1) is 6.54 Å². The van der Waals surface area contributed by atoms with Crippen molar-refractivity contribution in [1.29, 1.82) is 0 Å². The van der Waals surface area contributed by atoms with Crippen LogP contribution >= 0.6 is 0 Å². The molecule has 6 nitrogen and oxygen atoms in total. The molecular formula is C19H34N4O2. The van der Waals surface area contributed by atoms with Gasteiger partial charge in [0.25, 0.3) is 0 Å². The number of nitrogens with one attached hydrogen (secondary N) is 1. The zero-order valence-corrected chi connectivity index (χ0v) is 15.9. The summed E-state index contributed by atoms with van der Waals surface area (Å²) in [4.78, 5) is 31.5. The lowest BCUT2D eigenvalue weighted by Crippen LogP contribution is -2.60. The second-order valence-corrected chi connectivity index (χ2v) is 7.96. The van der Waals surface area contributed by atoms with Gasteiger partial charge >= 0.3 is 6.03 Å². The Morgan fingerprint density at radius 1 is 1.08 bits per heavy atom. The highest BCUT2D eigenvalue weighted by molar-refractivity contribution is 5.84. The van der Waals surface area contributed by atoms with E-state index in [2.05, 4.69) is 17.1 Å². The number of nitrogens with zero attached hydrogens (tertiary/aromatic N) is 3. The Bertz CT molecular complexity index is 478. The zero-order chi connectivity index (χ0) is 17.8. The van der Waals surface area contributed by atoms with Gasteiger partial charge in [0.1, 0.15) is 0 Å². The van der Waals surface area contributed by atoms with Crippen LogP contribution < -0.4 is 5.32 Å². The standard InChI is InChI=1S/C19H34N4O2/c1-3-15-13-22-11-7-10-17(22)14-23(15)19(25)20-12-18(24)21(2)16-8-5-4-6-9-16/h15-17H,3-14H2,1-2H3,(H,20,25). The molecule has 1 N–H and O–H groups in total. The lowest BCUT2D eigenvalue weighted by Gasteiger charge is -2.43. The van der Waals surface area contributed by atoms with E-state index in [1.807, 2.05) is 16.8 Å². The van der Waals surface area contributed by atoms with Crippen molar-refractivity contribution in [2.75, 3.05) is 33.2 Å². The third-order valence-electron chi connectivity index (χ3n) is 6.43. The molecule has 0 radical (unpaired) electrons. The van der Waals surface area contributed by atoms with Crippen molar-refractivity contribution in [1.82, 2.24) is 20.0 Å².